The summed E-state index contributed by atoms with van der Waals surface area (Å²) in [6, 6.07) is 0. The highest BCUT2D eigenvalue weighted by Crippen LogP contribution is 2.15. The first-order chi connectivity index (χ1) is 4.75. The van der Waals surface area contributed by atoms with Crippen molar-refractivity contribution in [3.05, 3.63) is 21.5 Å². The van der Waals surface area contributed by atoms with Crippen LogP contribution in [0.25, 0.3) is 0 Å². The predicted molar refractivity (Wildman–Crippen MR) is 46.8 cm³/mol. The molecule has 2 N–H and O–H groups in total. The largest absolute Gasteiger partial charge is 0.397 e. The highest BCUT2D eigenvalue weighted by atomic mass is 127. The molecule has 1 aromatic heterocycles. The van der Waals surface area contributed by atoms with Crippen LogP contribution in [0.15, 0.2) is 12.4 Å². The SMILES string of the molecule is Nc1c(I)cncc1C=O. The lowest BCUT2D eigenvalue weighted by molar-refractivity contribution is 0.112. The molecule has 10 heavy (non-hydrogen) atoms. The van der Waals surface area contributed by atoms with Crippen molar-refractivity contribution in [2.75, 3.05) is 5.73 Å². The third-order valence-electron chi connectivity index (χ3n) is 1.10. The highest BCUT2D eigenvalue weighted by molar-refractivity contribution is 14.1. The van der Waals surface area contributed by atoms with Gasteiger partial charge in [-0.1, -0.05) is 0 Å². The minimum absolute atomic E-state index is 0.451. The van der Waals surface area contributed by atoms with Gasteiger partial charge < -0.3 is 5.73 Å². The maximum Gasteiger partial charge on any atom is 0.153 e. The van der Waals surface area contributed by atoms with E-state index in [1.165, 1.54) is 6.20 Å². The van der Waals surface area contributed by atoms with E-state index >= 15 is 0 Å². The van der Waals surface area contributed by atoms with Gasteiger partial charge in [0.05, 0.1) is 14.8 Å². The molecule has 0 aromatic carbocycles. The maximum atomic E-state index is 10.3. The molecule has 0 fully saturated rings. The lowest BCUT2D eigenvalue weighted by atomic mass is 10.3. The molecule has 0 amide bonds. The van der Waals surface area contributed by atoms with Crippen LogP contribution in [-0.4, -0.2) is 11.3 Å². The molecule has 52 valence electrons. The van der Waals surface area contributed by atoms with Crippen molar-refractivity contribution >= 4 is 34.6 Å². The van der Waals surface area contributed by atoms with Crippen molar-refractivity contribution < 1.29 is 4.79 Å². The van der Waals surface area contributed by atoms with Crippen LogP contribution in [0, 0.1) is 3.57 Å². The number of rotatable bonds is 1. The Morgan fingerprint density at radius 3 is 2.80 bits per heavy atom. The first-order valence-corrected chi connectivity index (χ1v) is 3.67. The fraction of sp³-hybridized carbons (Fsp3) is 0. The molecule has 1 heterocycles. The average Bonchev–Trinajstić information content (AvgIpc) is 1.95. The molecule has 0 unspecified atom stereocenters. The van der Waals surface area contributed by atoms with Gasteiger partial charge in [0.25, 0.3) is 0 Å². The average molecular weight is 248 g/mol. The van der Waals surface area contributed by atoms with E-state index in [1.807, 2.05) is 22.6 Å². The van der Waals surface area contributed by atoms with E-state index in [2.05, 4.69) is 4.98 Å². The molecular formula is C6H5IN2O. The summed E-state index contributed by atoms with van der Waals surface area (Å²) in [6.45, 7) is 0. The number of hydrogen-bond donors (Lipinski definition) is 1. The highest BCUT2D eigenvalue weighted by Gasteiger charge is 1.99. The quantitative estimate of drug-likeness (QED) is 0.597. The van der Waals surface area contributed by atoms with Gasteiger partial charge >= 0.3 is 0 Å². The Bertz CT molecular complexity index is 262. The number of aromatic nitrogens is 1. The summed E-state index contributed by atoms with van der Waals surface area (Å²) in [6.07, 6.45) is 3.76. The number of nitrogen functional groups attached to an aromatic ring is 1. The summed E-state index contributed by atoms with van der Waals surface area (Å²) < 4.78 is 0.808. The number of nitrogens with zero attached hydrogens (tertiary/aromatic N) is 1. The maximum absolute atomic E-state index is 10.3. The zero-order valence-corrected chi connectivity index (χ0v) is 7.20. The van der Waals surface area contributed by atoms with Gasteiger partial charge in [0.15, 0.2) is 6.29 Å². The number of hydrogen-bond acceptors (Lipinski definition) is 3. The Balaban J connectivity index is 3.27. The van der Waals surface area contributed by atoms with Crippen LogP contribution < -0.4 is 5.73 Å². The molecule has 0 saturated carbocycles. The van der Waals surface area contributed by atoms with Crippen LogP contribution in [0.1, 0.15) is 10.4 Å². The van der Waals surface area contributed by atoms with Crippen LogP contribution in [0.5, 0.6) is 0 Å². The van der Waals surface area contributed by atoms with Gasteiger partial charge in [-0.3, -0.25) is 9.78 Å². The molecule has 0 radical (unpaired) electrons. The molecule has 0 aliphatic rings. The van der Waals surface area contributed by atoms with Gasteiger partial charge in [-0.25, -0.2) is 0 Å². The third kappa shape index (κ3) is 1.26. The normalized spacial score (nSPS) is 9.30. The van der Waals surface area contributed by atoms with E-state index in [0.717, 1.165) is 3.57 Å². The van der Waals surface area contributed by atoms with E-state index in [4.69, 9.17) is 5.73 Å². The molecule has 0 aliphatic carbocycles. The van der Waals surface area contributed by atoms with Gasteiger partial charge in [0.1, 0.15) is 0 Å². The number of carbonyl (C=O) groups is 1. The zero-order valence-electron chi connectivity index (χ0n) is 5.04. The molecule has 0 bridgehead atoms. The zero-order chi connectivity index (χ0) is 7.56. The summed E-state index contributed by atoms with van der Waals surface area (Å²) in [4.78, 5) is 14.1. The minimum atomic E-state index is 0.451. The number of pyridine rings is 1. The lowest BCUT2D eigenvalue weighted by Gasteiger charge is -1.97. The summed E-state index contributed by atoms with van der Waals surface area (Å²) in [5.41, 5.74) is 6.47. The number of halogens is 1. The smallest absolute Gasteiger partial charge is 0.153 e. The van der Waals surface area contributed by atoms with E-state index in [1.54, 1.807) is 6.20 Å². The summed E-state index contributed by atoms with van der Waals surface area (Å²) >= 11 is 2.03. The minimum Gasteiger partial charge on any atom is -0.397 e. The molecule has 0 saturated heterocycles. The van der Waals surface area contributed by atoms with Crippen LogP contribution in [0.4, 0.5) is 5.69 Å². The summed E-state index contributed by atoms with van der Waals surface area (Å²) in [5.74, 6) is 0. The monoisotopic (exact) mass is 248 g/mol. The number of carbonyl (C=O) groups excluding carboxylic acids is 1. The van der Waals surface area contributed by atoms with Gasteiger partial charge in [0.2, 0.25) is 0 Å². The van der Waals surface area contributed by atoms with Gasteiger partial charge in [0, 0.05) is 12.4 Å². The number of anilines is 1. The predicted octanol–water partition coefficient (Wildman–Crippen LogP) is 1.08. The molecule has 3 nitrogen and oxygen atoms in total. The Morgan fingerprint density at radius 1 is 1.60 bits per heavy atom. The van der Waals surface area contributed by atoms with Crippen LogP contribution in [0.3, 0.4) is 0 Å². The van der Waals surface area contributed by atoms with Crippen molar-refractivity contribution in [3.63, 3.8) is 0 Å². The summed E-state index contributed by atoms with van der Waals surface area (Å²) in [7, 11) is 0. The van der Waals surface area contributed by atoms with Crippen molar-refractivity contribution in [2.24, 2.45) is 0 Å². The third-order valence-corrected chi connectivity index (χ3v) is 1.96. The van der Waals surface area contributed by atoms with E-state index in [9.17, 15) is 4.79 Å². The van der Waals surface area contributed by atoms with E-state index < -0.39 is 0 Å². The second-order valence-electron chi connectivity index (χ2n) is 1.74. The Hall–Kier alpha value is -0.650. The molecule has 1 rings (SSSR count). The van der Waals surface area contributed by atoms with Gasteiger partial charge in [-0.15, -0.1) is 0 Å². The topological polar surface area (TPSA) is 56.0 Å². The standard InChI is InChI=1S/C6H5IN2O/c7-5-2-9-1-4(3-10)6(5)8/h1-3H,(H2,8,9). The van der Waals surface area contributed by atoms with Crippen molar-refractivity contribution in [2.45, 2.75) is 0 Å². The Labute approximate surface area is 71.8 Å². The van der Waals surface area contributed by atoms with Crippen LogP contribution in [0.2, 0.25) is 0 Å². The van der Waals surface area contributed by atoms with E-state index in [0.29, 0.717) is 17.5 Å². The van der Waals surface area contributed by atoms with Crippen molar-refractivity contribution in [1.29, 1.82) is 0 Å². The number of aldehydes is 1. The van der Waals surface area contributed by atoms with Crippen LogP contribution in [-0.2, 0) is 0 Å². The van der Waals surface area contributed by atoms with E-state index in [-0.39, 0.29) is 0 Å². The fourth-order valence-corrected chi connectivity index (χ4v) is 1.03. The van der Waals surface area contributed by atoms with Crippen molar-refractivity contribution in [3.8, 4) is 0 Å². The first kappa shape index (κ1) is 7.46. The summed E-state index contributed by atoms with van der Waals surface area (Å²) in [5, 5.41) is 0. The molecule has 0 atom stereocenters. The second-order valence-corrected chi connectivity index (χ2v) is 2.90. The Morgan fingerprint density at radius 2 is 2.30 bits per heavy atom. The second kappa shape index (κ2) is 2.96. The lowest BCUT2D eigenvalue weighted by Crippen LogP contribution is -1.96. The molecule has 0 spiro atoms. The van der Waals surface area contributed by atoms with Crippen LogP contribution >= 0.6 is 22.6 Å². The fourth-order valence-electron chi connectivity index (χ4n) is 0.554. The molecule has 1 aromatic rings. The first-order valence-electron chi connectivity index (χ1n) is 2.60. The molecule has 0 aliphatic heterocycles. The molecular weight excluding hydrogens is 243 g/mol. The molecule has 4 heteroatoms. The van der Waals surface area contributed by atoms with Gasteiger partial charge in [-0.05, 0) is 22.6 Å². The Kier molecular flexibility index (Phi) is 2.21. The number of nitrogens with two attached hydrogens (primary N) is 1. The van der Waals surface area contributed by atoms with Crippen molar-refractivity contribution in [1.82, 2.24) is 4.98 Å². The van der Waals surface area contributed by atoms with Gasteiger partial charge in [-0.2, -0.15) is 0 Å².